The summed E-state index contributed by atoms with van der Waals surface area (Å²) in [4.78, 5) is 10.3. The molecule has 0 aliphatic carbocycles. The highest BCUT2D eigenvalue weighted by molar-refractivity contribution is 5.66. The summed E-state index contributed by atoms with van der Waals surface area (Å²) < 4.78 is 0. The molecule has 5 nitrogen and oxygen atoms in total. The molecular formula is C20H34O5. The number of allylic oxidation sites excluding steroid dienone is 3. The molecule has 0 rings (SSSR count). The van der Waals surface area contributed by atoms with E-state index in [4.69, 9.17) is 5.11 Å². The lowest BCUT2D eigenvalue weighted by atomic mass is 10.0. The zero-order valence-corrected chi connectivity index (χ0v) is 15.3. The van der Waals surface area contributed by atoms with Gasteiger partial charge in [0.05, 0.1) is 18.3 Å². The molecule has 0 aliphatic rings. The highest BCUT2D eigenvalue weighted by Crippen LogP contribution is 2.08. The van der Waals surface area contributed by atoms with Crippen molar-refractivity contribution in [2.24, 2.45) is 0 Å². The van der Waals surface area contributed by atoms with Crippen LogP contribution in [0.3, 0.4) is 0 Å². The van der Waals surface area contributed by atoms with Gasteiger partial charge in [0.1, 0.15) is 0 Å². The van der Waals surface area contributed by atoms with E-state index in [0.717, 1.165) is 32.1 Å². The molecule has 0 aliphatic heterocycles. The molecule has 0 heterocycles. The Morgan fingerprint density at radius 3 is 2.36 bits per heavy atom. The van der Waals surface area contributed by atoms with Gasteiger partial charge in [-0.3, -0.25) is 4.79 Å². The number of hydrogen-bond donors (Lipinski definition) is 4. The summed E-state index contributed by atoms with van der Waals surface area (Å²) in [7, 11) is 0. The lowest BCUT2D eigenvalue weighted by Crippen LogP contribution is -2.24. The Kier molecular flexibility index (Phi) is 15.1. The SMILES string of the molecule is CCCCCC(O)C(O)/C=C/C(O)C/C=C\C/C=C/CCCC(=O)O. The lowest BCUT2D eigenvalue weighted by molar-refractivity contribution is -0.137. The molecule has 3 unspecified atom stereocenters. The maximum absolute atomic E-state index is 10.3. The second-order valence-electron chi connectivity index (χ2n) is 6.21. The van der Waals surface area contributed by atoms with Crippen LogP contribution in [-0.2, 0) is 4.79 Å². The summed E-state index contributed by atoms with van der Waals surface area (Å²) in [5, 5.41) is 37.9. The fourth-order valence-electron chi connectivity index (χ4n) is 2.22. The van der Waals surface area contributed by atoms with Crippen molar-refractivity contribution in [1.82, 2.24) is 0 Å². The highest BCUT2D eigenvalue weighted by Gasteiger charge is 2.12. The van der Waals surface area contributed by atoms with Crippen molar-refractivity contribution >= 4 is 5.97 Å². The van der Waals surface area contributed by atoms with E-state index in [1.807, 2.05) is 24.3 Å². The number of rotatable bonds is 15. The van der Waals surface area contributed by atoms with Gasteiger partial charge in [0.2, 0.25) is 0 Å². The van der Waals surface area contributed by atoms with Gasteiger partial charge in [-0.15, -0.1) is 0 Å². The Hall–Kier alpha value is -1.43. The molecule has 5 heteroatoms. The number of unbranched alkanes of at least 4 members (excludes halogenated alkanes) is 3. The van der Waals surface area contributed by atoms with Gasteiger partial charge in [-0.05, 0) is 32.1 Å². The highest BCUT2D eigenvalue weighted by atomic mass is 16.4. The van der Waals surface area contributed by atoms with Gasteiger partial charge < -0.3 is 20.4 Å². The van der Waals surface area contributed by atoms with Crippen LogP contribution < -0.4 is 0 Å². The standard InChI is InChI=1S/C20H34O5/c1-2-3-9-13-18(22)19(23)16-15-17(21)12-10-7-5-4-6-8-11-14-20(24)25/h4,6-7,10,15-19,21-23H,2-3,5,8-9,11-14H2,1H3,(H,24,25)/b6-4+,10-7-,16-15+. The van der Waals surface area contributed by atoms with Crippen molar-refractivity contribution in [3.63, 3.8) is 0 Å². The van der Waals surface area contributed by atoms with E-state index in [9.17, 15) is 20.1 Å². The van der Waals surface area contributed by atoms with Gasteiger partial charge >= 0.3 is 5.97 Å². The molecule has 4 N–H and O–H groups in total. The van der Waals surface area contributed by atoms with Crippen LogP contribution in [0.5, 0.6) is 0 Å². The van der Waals surface area contributed by atoms with E-state index in [1.165, 1.54) is 12.2 Å². The van der Waals surface area contributed by atoms with Gasteiger partial charge in [-0.2, -0.15) is 0 Å². The number of carboxylic acids is 1. The number of carboxylic acid groups (broad SMARTS) is 1. The van der Waals surface area contributed by atoms with Crippen LogP contribution in [0.4, 0.5) is 0 Å². The van der Waals surface area contributed by atoms with Gasteiger partial charge in [0, 0.05) is 6.42 Å². The van der Waals surface area contributed by atoms with Crippen LogP contribution in [-0.4, -0.2) is 44.7 Å². The summed E-state index contributed by atoms with van der Waals surface area (Å²) in [5.74, 6) is -0.770. The second kappa shape index (κ2) is 16.1. The van der Waals surface area contributed by atoms with E-state index in [-0.39, 0.29) is 6.42 Å². The normalized spacial score (nSPS) is 16.0. The molecule has 0 fully saturated rings. The monoisotopic (exact) mass is 354 g/mol. The first-order valence-corrected chi connectivity index (χ1v) is 9.21. The van der Waals surface area contributed by atoms with E-state index < -0.39 is 24.3 Å². The average Bonchev–Trinajstić information content (AvgIpc) is 2.57. The van der Waals surface area contributed by atoms with Gasteiger partial charge in [-0.25, -0.2) is 0 Å². The number of carbonyl (C=O) groups is 1. The molecule has 144 valence electrons. The predicted molar refractivity (Wildman–Crippen MR) is 100 cm³/mol. The largest absolute Gasteiger partial charge is 0.481 e. The van der Waals surface area contributed by atoms with E-state index in [1.54, 1.807) is 0 Å². The Labute approximate surface area is 151 Å². The molecule has 0 amide bonds. The van der Waals surface area contributed by atoms with Crippen molar-refractivity contribution in [2.45, 2.75) is 83.0 Å². The number of aliphatic hydroxyl groups excluding tert-OH is 3. The molecule has 0 bridgehead atoms. The third-order valence-electron chi connectivity index (χ3n) is 3.77. The molecule has 0 aromatic heterocycles. The summed E-state index contributed by atoms with van der Waals surface area (Å²) in [6, 6.07) is 0. The summed E-state index contributed by atoms with van der Waals surface area (Å²) in [6.07, 6.45) is 14.6. The van der Waals surface area contributed by atoms with Crippen LogP contribution in [0.2, 0.25) is 0 Å². The third kappa shape index (κ3) is 15.8. The first kappa shape index (κ1) is 23.6. The van der Waals surface area contributed by atoms with Crippen LogP contribution in [0.15, 0.2) is 36.5 Å². The number of aliphatic hydroxyl groups is 3. The smallest absolute Gasteiger partial charge is 0.303 e. The molecule has 0 saturated carbocycles. The maximum atomic E-state index is 10.3. The first-order valence-electron chi connectivity index (χ1n) is 9.21. The quantitative estimate of drug-likeness (QED) is 0.267. The third-order valence-corrected chi connectivity index (χ3v) is 3.77. The van der Waals surface area contributed by atoms with E-state index in [2.05, 4.69) is 6.92 Å². The molecular weight excluding hydrogens is 320 g/mol. The second-order valence-corrected chi connectivity index (χ2v) is 6.21. The van der Waals surface area contributed by atoms with Gasteiger partial charge in [0.15, 0.2) is 0 Å². The predicted octanol–water partition coefficient (Wildman–Crippen LogP) is 3.35. The molecule has 3 atom stereocenters. The fourth-order valence-corrected chi connectivity index (χ4v) is 2.22. The van der Waals surface area contributed by atoms with E-state index >= 15 is 0 Å². The minimum Gasteiger partial charge on any atom is -0.481 e. The minimum atomic E-state index is -0.941. The van der Waals surface area contributed by atoms with Gasteiger partial charge in [0.25, 0.3) is 0 Å². The Balaban J connectivity index is 3.84. The van der Waals surface area contributed by atoms with Crippen molar-refractivity contribution < 1.29 is 25.2 Å². The number of aliphatic carboxylic acids is 1. The Bertz CT molecular complexity index is 414. The van der Waals surface area contributed by atoms with Crippen molar-refractivity contribution in [3.05, 3.63) is 36.5 Å². The zero-order chi connectivity index (χ0) is 18.9. The molecule has 0 radical (unpaired) electrons. The van der Waals surface area contributed by atoms with Crippen LogP contribution in [0, 0.1) is 0 Å². The average molecular weight is 354 g/mol. The topological polar surface area (TPSA) is 98.0 Å². The van der Waals surface area contributed by atoms with Crippen molar-refractivity contribution in [3.8, 4) is 0 Å². The molecule has 0 saturated heterocycles. The fraction of sp³-hybridized carbons (Fsp3) is 0.650. The van der Waals surface area contributed by atoms with E-state index in [0.29, 0.717) is 19.3 Å². The van der Waals surface area contributed by atoms with Crippen molar-refractivity contribution in [1.29, 1.82) is 0 Å². The molecule has 0 spiro atoms. The van der Waals surface area contributed by atoms with Gasteiger partial charge in [-0.1, -0.05) is 62.6 Å². The minimum absolute atomic E-state index is 0.192. The summed E-state index contributed by atoms with van der Waals surface area (Å²) >= 11 is 0. The maximum Gasteiger partial charge on any atom is 0.303 e. The first-order chi connectivity index (χ1) is 12.0. The molecule has 0 aromatic carbocycles. The summed E-state index contributed by atoms with van der Waals surface area (Å²) in [5.41, 5.74) is 0. The van der Waals surface area contributed by atoms with Crippen LogP contribution in [0.25, 0.3) is 0 Å². The molecule has 0 aromatic rings. The number of hydrogen-bond acceptors (Lipinski definition) is 4. The zero-order valence-electron chi connectivity index (χ0n) is 15.3. The lowest BCUT2D eigenvalue weighted by Gasteiger charge is -2.14. The Morgan fingerprint density at radius 2 is 1.68 bits per heavy atom. The van der Waals surface area contributed by atoms with Crippen LogP contribution in [0.1, 0.15) is 64.7 Å². The summed E-state index contributed by atoms with van der Waals surface area (Å²) in [6.45, 7) is 2.09. The van der Waals surface area contributed by atoms with Crippen molar-refractivity contribution in [2.75, 3.05) is 0 Å². The van der Waals surface area contributed by atoms with Crippen LogP contribution >= 0.6 is 0 Å². The Morgan fingerprint density at radius 1 is 0.960 bits per heavy atom. The molecule has 25 heavy (non-hydrogen) atoms.